The van der Waals surface area contributed by atoms with Gasteiger partial charge in [0.05, 0.1) is 13.7 Å². The molecule has 3 atom stereocenters. The van der Waals surface area contributed by atoms with E-state index in [1.165, 1.54) is 7.11 Å². The van der Waals surface area contributed by atoms with Gasteiger partial charge in [-0.15, -0.1) is 0 Å². The van der Waals surface area contributed by atoms with Crippen molar-refractivity contribution in [2.24, 2.45) is 5.92 Å². The van der Waals surface area contributed by atoms with Crippen LogP contribution in [-0.2, 0) is 25.6 Å². The highest BCUT2D eigenvalue weighted by Gasteiger charge is 2.33. The number of carbonyl (C=O) groups is 1. The summed E-state index contributed by atoms with van der Waals surface area (Å²) in [7, 11) is 3.03. The van der Waals surface area contributed by atoms with E-state index in [0.29, 0.717) is 18.9 Å². The zero-order chi connectivity index (χ0) is 15.2. The van der Waals surface area contributed by atoms with Crippen LogP contribution in [-0.4, -0.2) is 32.6 Å². The van der Waals surface area contributed by atoms with Crippen LogP contribution in [0.15, 0.2) is 24.3 Å². The Kier molecular flexibility index (Phi) is 5.59. The first-order valence-electron chi connectivity index (χ1n) is 7.10. The molecule has 0 aromatic heterocycles. The standard InChI is InChI=1S/C16H22O5/c1-11-8-14(16(17)19-3)21-15(9-11)20-13-6-4-12(5-7-13)10-18-2/h4-7,11,14-15H,8-10H2,1-3H3. The molecule has 2 rings (SSSR count). The molecule has 0 amide bonds. The van der Waals surface area contributed by atoms with Crippen LogP contribution in [0.5, 0.6) is 5.75 Å². The molecule has 5 heteroatoms. The van der Waals surface area contributed by atoms with Crippen LogP contribution in [0, 0.1) is 5.92 Å². The maximum absolute atomic E-state index is 11.6. The van der Waals surface area contributed by atoms with Crippen LogP contribution in [0.2, 0.25) is 0 Å². The number of carbonyl (C=O) groups excluding carboxylic acids is 1. The molecule has 21 heavy (non-hydrogen) atoms. The summed E-state index contributed by atoms with van der Waals surface area (Å²) < 4.78 is 21.3. The molecule has 1 aliphatic heterocycles. The molecule has 0 aliphatic carbocycles. The lowest BCUT2D eigenvalue weighted by Crippen LogP contribution is -2.40. The molecule has 1 aromatic carbocycles. The number of hydrogen-bond donors (Lipinski definition) is 0. The fourth-order valence-corrected chi connectivity index (χ4v) is 2.43. The number of ether oxygens (including phenoxy) is 4. The van der Waals surface area contributed by atoms with E-state index in [-0.39, 0.29) is 5.97 Å². The van der Waals surface area contributed by atoms with Crippen LogP contribution >= 0.6 is 0 Å². The summed E-state index contributed by atoms with van der Waals surface area (Å²) in [5.74, 6) is 0.726. The molecule has 1 aromatic rings. The molecule has 0 N–H and O–H groups in total. The van der Waals surface area contributed by atoms with Crippen molar-refractivity contribution < 1.29 is 23.7 Å². The largest absolute Gasteiger partial charge is 0.467 e. The zero-order valence-electron chi connectivity index (χ0n) is 12.7. The van der Waals surface area contributed by atoms with Crippen molar-refractivity contribution in [1.29, 1.82) is 0 Å². The number of esters is 1. The van der Waals surface area contributed by atoms with Gasteiger partial charge in [-0.2, -0.15) is 0 Å². The Bertz CT molecular complexity index is 456. The molecule has 0 saturated carbocycles. The number of rotatable bonds is 5. The first-order chi connectivity index (χ1) is 10.1. The third-order valence-corrected chi connectivity index (χ3v) is 3.49. The minimum Gasteiger partial charge on any atom is -0.467 e. The van der Waals surface area contributed by atoms with Crippen molar-refractivity contribution >= 4 is 5.97 Å². The Morgan fingerprint density at radius 1 is 1.24 bits per heavy atom. The van der Waals surface area contributed by atoms with Gasteiger partial charge < -0.3 is 18.9 Å². The molecular formula is C16H22O5. The summed E-state index contributed by atoms with van der Waals surface area (Å²) in [5.41, 5.74) is 1.08. The third kappa shape index (κ3) is 4.44. The van der Waals surface area contributed by atoms with Gasteiger partial charge in [-0.05, 0) is 30.0 Å². The van der Waals surface area contributed by atoms with Crippen molar-refractivity contribution in [1.82, 2.24) is 0 Å². The second kappa shape index (κ2) is 7.43. The van der Waals surface area contributed by atoms with Crippen molar-refractivity contribution in [3.05, 3.63) is 29.8 Å². The highest BCUT2D eigenvalue weighted by Crippen LogP contribution is 2.27. The second-order valence-corrected chi connectivity index (χ2v) is 5.35. The van der Waals surface area contributed by atoms with Crippen LogP contribution in [0.25, 0.3) is 0 Å². The molecule has 0 bridgehead atoms. The summed E-state index contributed by atoms with van der Waals surface area (Å²) in [6, 6.07) is 7.65. The molecule has 1 heterocycles. The monoisotopic (exact) mass is 294 g/mol. The molecule has 116 valence electrons. The minimum absolute atomic E-state index is 0.342. The number of methoxy groups -OCH3 is 2. The van der Waals surface area contributed by atoms with Gasteiger partial charge in [0.2, 0.25) is 6.29 Å². The quantitative estimate of drug-likeness (QED) is 0.781. The summed E-state index contributed by atoms with van der Waals surface area (Å²) in [5, 5.41) is 0. The van der Waals surface area contributed by atoms with Crippen molar-refractivity contribution in [3.63, 3.8) is 0 Å². The maximum Gasteiger partial charge on any atom is 0.335 e. The lowest BCUT2D eigenvalue weighted by Gasteiger charge is -2.32. The summed E-state index contributed by atoms with van der Waals surface area (Å²) in [6.07, 6.45) is 0.453. The lowest BCUT2D eigenvalue weighted by molar-refractivity contribution is -0.190. The molecule has 5 nitrogen and oxygen atoms in total. The fourth-order valence-electron chi connectivity index (χ4n) is 2.43. The van der Waals surface area contributed by atoms with E-state index in [4.69, 9.17) is 18.9 Å². The van der Waals surface area contributed by atoms with E-state index in [1.807, 2.05) is 24.3 Å². The smallest absolute Gasteiger partial charge is 0.335 e. The van der Waals surface area contributed by atoms with Gasteiger partial charge in [-0.3, -0.25) is 0 Å². The van der Waals surface area contributed by atoms with Gasteiger partial charge >= 0.3 is 5.97 Å². The summed E-state index contributed by atoms with van der Waals surface area (Å²) >= 11 is 0. The van der Waals surface area contributed by atoms with E-state index in [1.54, 1.807) is 7.11 Å². The van der Waals surface area contributed by atoms with Gasteiger partial charge in [0.25, 0.3) is 0 Å². The lowest BCUT2D eigenvalue weighted by atomic mass is 9.97. The zero-order valence-corrected chi connectivity index (χ0v) is 12.7. The first-order valence-corrected chi connectivity index (χ1v) is 7.10. The Labute approximate surface area is 125 Å². The highest BCUT2D eigenvalue weighted by atomic mass is 16.7. The predicted molar refractivity (Wildman–Crippen MR) is 76.9 cm³/mol. The van der Waals surface area contributed by atoms with Crippen LogP contribution in [0.1, 0.15) is 25.3 Å². The second-order valence-electron chi connectivity index (χ2n) is 5.35. The van der Waals surface area contributed by atoms with Gasteiger partial charge in [-0.1, -0.05) is 19.1 Å². The van der Waals surface area contributed by atoms with E-state index < -0.39 is 12.4 Å². The third-order valence-electron chi connectivity index (χ3n) is 3.49. The summed E-state index contributed by atoms with van der Waals surface area (Å²) in [4.78, 5) is 11.6. The van der Waals surface area contributed by atoms with Crippen LogP contribution in [0.4, 0.5) is 0 Å². The van der Waals surface area contributed by atoms with Gasteiger partial charge in [0.15, 0.2) is 6.10 Å². The predicted octanol–water partition coefficient (Wildman–Crippen LogP) is 2.53. The van der Waals surface area contributed by atoms with Crippen LogP contribution in [0.3, 0.4) is 0 Å². The van der Waals surface area contributed by atoms with Crippen molar-refractivity contribution in [2.75, 3.05) is 14.2 Å². The topological polar surface area (TPSA) is 54.0 Å². The normalized spacial score (nSPS) is 25.4. The Hall–Kier alpha value is -1.59. The van der Waals surface area contributed by atoms with E-state index in [0.717, 1.165) is 17.7 Å². The molecule has 0 spiro atoms. The molecule has 0 radical (unpaired) electrons. The molecule has 1 fully saturated rings. The Morgan fingerprint density at radius 3 is 2.57 bits per heavy atom. The van der Waals surface area contributed by atoms with Gasteiger partial charge in [-0.25, -0.2) is 4.79 Å². The van der Waals surface area contributed by atoms with Crippen molar-refractivity contribution in [2.45, 2.75) is 38.8 Å². The molecular weight excluding hydrogens is 272 g/mol. The van der Waals surface area contributed by atoms with E-state index in [9.17, 15) is 4.79 Å². The van der Waals surface area contributed by atoms with Gasteiger partial charge in [0, 0.05) is 13.5 Å². The van der Waals surface area contributed by atoms with Crippen molar-refractivity contribution in [3.8, 4) is 5.75 Å². The highest BCUT2D eigenvalue weighted by molar-refractivity contribution is 5.74. The minimum atomic E-state index is -0.545. The van der Waals surface area contributed by atoms with Gasteiger partial charge in [0.1, 0.15) is 5.75 Å². The number of benzene rings is 1. The maximum atomic E-state index is 11.6. The average molecular weight is 294 g/mol. The summed E-state index contributed by atoms with van der Waals surface area (Å²) in [6.45, 7) is 2.65. The molecule has 1 aliphatic rings. The average Bonchev–Trinajstić information content (AvgIpc) is 2.48. The SMILES string of the molecule is COCc1ccc(OC2CC(C)CC(C(=O)OC)O2)cc1. The fraction of sp³-hybridized carbons (Fsp3) is 0.562. The first kappa shape index (κ1) is 15.8. The van der Waals surface area contributed by atoms with Crippen LogP contribution < -0.4 is 4.74 Å². The Morgan fingerprint density at radius 2 is 1.95 bits per heavy atom. The molecule has 1 saturated heterocycles. The van der Waals surface area contributed by atoms with E-state index >= 15 is 0 Å². The molecule has 3 unspecified atom stereocenters. The van der Waals surface area contributed by atoms with E-state index in [2.05, 4.69) is 6.92 Å². The Balaban J connectivity index is 1.96. The number of hydrogen-bond acceptors (Lipinski definition) is 5.